The van der Waals surface area contributed by atoms with Crippen LogP contribution in [-0.4, -0.2) is 30.8 Å². The molecule has 0 N–H and O–H groups in total. The van der Waals surface area contributed by atoms with Crippen molar-refractivity contribution in [2.75, 3.05) is 19.8 Å². The Labute approximate surface area is 107 Å². The minimum atomic E-state index is -0.638. The van der Waals surface area contributed by atoms with Gasteiger partial charge < -0.3 is 14.2 Å². The number of aromatic nitrogens is 1. The molecule has 1 aromatic rings. The number of rotatable bonds is 7. The average Bonchev–Trinajstić information content (AvgIpc) is 2.39. The Balaban J connectivity index is 3.01. The van der Waals surface area contributed by atoms with Gasteiger partial charge in [0.15, 0.2) is 0 Å². The molecule has 0 saturated carbocycles. The van der Waals surface area contributed by atoms with Crippen LogP contribution in [0.25, 0.3) is 0 Å². The summed E-state index contributed by atoms with van der Waals surface area (Å²) in [6.45, 7) is 6.75. The first-order chi connectivity index (χ1) is 8.74. The summed E-state index contributed by atoms with van der Waals surface area (Å²) in [5, 5.41) is 0. The van der Waals surface area contributed by atoms with E-state index in [1.54, 1.807) is 25.3 Å². The number of hydrogen-bond donors (Lipinski definition) is 0. The molecular formula is C13H19NO4. The number of hydrogen-bond acceptors (Lipinski definition) is 5. The van der Waals surface area contributed by atoms with Gasteiger partial charge in [0, 0.05) is 19.4 Å². The van der Waals surface area contributed by atoms with Crippen LogP contribution in [0, 0.1) is 0 Å². The number of nitrogens with zero attached hydrogens (tertiary/aromatic N) is 1. The second-order valence-electron chi connectivity index (χ2n) is 3.40. The highest BCUT2D eigenvalue weighted by Crippen LogP contribution is 2.21. The van der Waals surface area contributed by atoms with Gasteiger partial charge in [0.1, 0.15) is 5.69 Å². The van der Waals surface area contributed by atoms with E-state index in [-0.39, 0.29) is 0 Å². The maximum Gasteiger partial charge on any atom is 0.340 e. The van der Waals surface area contributed by atoms with Gasteiger partial charge in [-0.1, -0.05) is 0 Å². The Kier molecular flexibility index (Phi) is 6.32. The lowest BCUT2D eigenvalue weighted by Gasteiger charge is -2.18. The van der Waals surface area contributed by atoms with Crippen LogP contribution in [0.5, 0.6) is 0 Å². The summed E-state index contributed by atoms with van der Waals surface area (Å²) >= 11 is 0. The molecule has 1 rings (SSSR count). The first kappa shape index (κ1) is 14.6. The van der Waals surface area contributed by atoms with E-state index in [9.17, 15) is 4.79 Å². The molecule has 0 aliphatic carbocycles. The molecular weight excluding hydrogens is 234 g/mol. The van der Waals surface area contributed by atoms with Crippen LogP contribution in [0.4, 0.5) is 0 Å². The minimum absolute atomic E-state index is 0.321. The molecule has 0 unspecified atom stereocenters. The topological polar surface area (TPSA) is 57.7 Å². The van der Waals surface area contributed by atoms with Crippen molar-refractivity contribution >= 4 is 5.97 Å². The van der Waals surface area contributed by atoms with Gasteiger partial charge in [0.05, 0.1) is 12.2 Å². The summed E-state index contributed by atoms with van der Waals surface area (Å²) in [6.07, 6.45) is 0.962. The zero-order valence-corrected chi connectivity index (χ0v) is 11.0. The van der Waals surface area contributed by atoms with Crippen LogP contribution >= 0.6 is 0 Å². The molecule has 0 spiro atoms. The van der Waals surface area contributed by atoms with E-state index < -0.39 is 12.3 Å². The second-order valence-corrected chi connectivity index (χ2v) is 3.40. The molecule has 0 radical (unpaired) electrons. The molecule has 0 aliphatic rings. The maximum atomic E-state index is 11.8. The van der Waals surface area contributed by atoms with E-state index >= 15 is 0 Å². The Morgan fingerprint density at radius 3 is 2.44 bits per heavy atom. The predicted octanol–water partition coefficient (Wildman–Crippen LogP) is 2.33. The second kappa shape index (κ2) is 7.79. The number of ether oxygens (including phenoxy) is 3. The summed E-state index contributed by atoms with van der Waals surface area (Å²) < 4.78 is 15.9. The van der Waals surface area contributed by atoms with Crippen molar-refractivity contribution in [2.45, 2.75) is 27.1 Å². The third-order valence-electron chi connectivity index (χ3n) is 2.19. The van der Waals surface area contributed by atoms with Crippen LogP contribution < -0.4 is 0 Å². The summed E-state index contributed by atoms with van der Waals surface area (Å²) in [7, 11) is 0. The highest BCUT2D eigenvalue weighted by molar-refractivity contribution is 5.90. The van der Waals surface area contributed by atoms with E-state index in [0.29, 0.717) is 31.1 Å². The van der Waals surface area contributed by atoms with Gasteiger partial charge in [-0.3, -0.25) is 4.98 Å². The standard InChI is InChI=1S/C13H19NO4/c1-4-16-12(15)10-8-7-9-14-11(10)13(17-5-2)18-6-3/h7-9,13H,4-6H2,1-3H3. The molecule has 5 nitrogen and oxygen atoms in total. The zero-order valence-electron chi connectivity index (χ0n) is 11.0. The minimum Gasteiger partial charge on any atom is -0.462 e. The molecule has 0 saturated heterocycles. The smallest absolute Gasteiger partial charge is 0.340 e. The van der Waals surface area contributed by atoms with Gasteiger partial charge in [0.2, 0.25) is 6.29 Å². The molecule has 0 bridgehead atoms. The maximum absolute atomic E-state index is 11.8. The highest BCUT2D eigenvalue weighted by Gasteiger charge is 2.21. The number of esters is 1. The Bertz CT molecular complexity index is 375. The van der Waals surface area contributed by atoms with Gasteiger partial charge >= 0.3 is 5.97 Å². The van der Waals surface area contributed by atoms with Crippen molar-refractivity contribution in [2.24, 2.45) is 0 Å². The molecule has 0 fully saturated rings. The lowest BCUT2D eigenvalue weighted by atomic mass is 10.2. The quantitative estimate of drug-likeness (QED) is 0.551. The number of carbonyl (C=O) groups excluding carboxylic acids is 1. The van der Waals surface area contributed by atoms with Gasteiger partial charge in [-0.2, -0.15) is 0 Å². The summed E-state index contributed by atoms with van der Waals surface area (Å²) in [4.78, 5) is 16.0. The summed E-state index contributed by atoms with van der Waals surface area (Å²) in [6, 6.07) is 3.34. The van der Waals surface area contributed by atoms with Crippen molar-refractivity contribution in [1.82, 2.24) is 4.98 Å². The normalized spacial score (nSPS) is 10.7. The van der Waals surface area contributed by atoms with Crippen LogP contribution in [0.2, 0.25) is 0 Å². The van der Waals surface area contributed by atoms with Gasteiger partial charge in [-0.25, -0.2) is 4.79 Å². The van der Waals surface area contributed by atoms with Gasteiger partial charge in [-0.15, -0.1) is 0 Å². The molecule has 1 heterocycles. The van der Waals surface area contributed by atoms with Crippen molar-refractivity contribution < 1.29 is 19.0 Å². The lowest BCUT2D eigenvalue weighted by molar-refractivity contribution is -0.143. The van der Waals surface area contributed by atoms with E-state index in [0.717, 1.165) is 0 Å². The van der Waals surface area contributed by atoms with Crippen molar-refractivity contribution in [3.8, 4) is 0 Å². The molecule has 100 valence electrons. The fourth-order valence-corrected chi connectivity index (χ4v) is 1.50. The Hall–Kier alpha value is -1.46. The van der Waals surface area contributed by atoms with Crippen molar-refractivity contribution in [3.05, 3.63) is 29.6 Å². The number of carbonyl (C=O) groups is 1. The molecule has 0 amide bonds. The fourth-order valence-electron chi connectivity index (χ4n) is 1.50. The molecule has 0 atom stereocenters. The Morgan fingerprint density at radius 2 is 1.89 bits per heavy atom. The fraction of sp³-hybridized carbons (Fsp3) is 0.538. The van der Waals surface area contributed by atoms with Crippen LogP contribution in [0.3, 0.4) is 0 Å². The number of pyridine rings is 1. The predicted molar refractivity (Wildman–Crippen MR) is 66.2 cm³/mol. The van der Waals surface area contributed by atoms with Crippen molar-refractivity contribution in [1.29, 1.82) is 0 Å². The van der Waals surface area contributed by atoms with Gasteiger partial charge in [0.25, 0.3) is 0 Å². The molecule has 0 aromatic carbocycles. The van der Waals surface area contributed by atoms with E-state index in [1.807, 2.05) is 13.8 Å². The van der Waals surface area contributed by atoms with Crippen LogP contribution in [0.1, 0.15) is 43.1 Å². The average molecular weight is 253 g/mol. The molecule has 18 heavy (non-hydrogen) atoms. The molecule has 5 heteroatoms. The van der Waals surface area contributed by atoms with Gasteiger partial charge in [-0.05, 0) is 32.9 Å². The van der Waals surface area contributed by atoms with Crippen LogP contribution in [-0.2, 0) is 14.2 Å². The van der Waals surface area contributed by atoms with Crippen molar-refractivity contribution in [3.63, 3.8) is 0 Å². The van der Waals surface area contributed by atoms with E-state index in [2.05, 4.69) is 4.98 Å². The first-order valence-corrected chi connectivity index (χ1v) is 6.09. The first-order valence-electron chi connectivity index (χ1n) is 6.09. The summed E-state index contributed by atoms with van der Waals surface area (Å²) in [5.41, 5.74) is 0.839. The van der Waals surface area contributed by atoms with E-state index in [4.69, 9.17) is 14.2 Å². The van der Waals surface area contributed by atoms with Crippen LogP contribution in [0.15, 0.2) is 18.3 Å². The molecule has 1 aromatic heterocycles. The zero-order chi connectivity index (χ0) is 13.4. The largest absolute Gasteiger partial charge is 0.462 e. The Morgan fingerprint density at radius 1 is 1.22 bits per heavy atom. The summed E-state index contributed by atoms with van der Waals surface area (Å²) in [5.74, 6) is -0.412. The highest BCUT2D eigenvalue weighted by atomic mass is 16.7. The van der Waals surface area contributed by atoms with E-state index in [1.165, 1.54) is 0 Å². The third-order valence-corrected chi connectivity index (χ3v) is 2.19. The monoisotopic (exact) mass is 253 g/mol. The third kappa shape index (κ3) is 3.78. The molecule has 0 aliphatic heterocycles. The lowest BCUT2D eigenvalue weighted by Crippen LogP contribution is -2.17. The SMILES string of the molecule is CCOC(=O)c1cccnc1C(OCC)OCC.